The van der Waals surface area contributed by atoms with Crippen LogP contribution in [0.5, 0.6) is 0 Å². The van der Waals surface area contributed by atoms with E-state index in [-0.39, 0.29) is 48.6 Å². The number of hydrogen-bond donors (Lipinski definition) is 1. The average molecular weight is 344 g/mol. The molecule has 1 aliphatic heterocycles. The number of carbonyl (C=O) groups excluding carboxylic acids is 3. The molecule has 4 rings (SSSR count). The van der Waals surface area contributed by atoms with E-state index < -0.39 is 0 Å². The Kier molecular flexibility index (Phi) is 4.36. The van der Waals surface area contributed by atoms with Gasteiger partial charge in [0.15, 0.2) is 0 Å². The van der Waals surface area contributed by atoms with Gasteiger partial charge in [-0.15, -0.1) is 0 Å². The molecule has 3 amide bonds. The van der Waals surface area contributed by atoms with Gasteiger partial charge in [-0.05, 0) is 31.7 Å². The lowest BCUT2D eigenvalue weighted by Crippen LogP contribution is -2.37. The summed E-state index contributed by atoms with van der Waals surface area (Å²) in [6.07, 6.45) is 8.27. The van der Waals surface area contributed by atoms with E-state index in [1.165, 1.54) is 4.90 Å². The van der Waals surface area contributed by atoms with Crippen molar-refractivity contribution in [1.29, 1.82) is 0 Å². The SMILES string of the molecule is O=C(CCN1C(=O)C2CCCCC2C1=O)NC1CCCc2occc21. The summed E-state index contributed by atoms with van der Waals surface area (Å²) in [7, 11) is 0. The zero-order valence-corrected chi connectivity index (χ0v) is 14.3. The van der Waals surface area contributed by atoms with Crippen molar-refractivity contribution in [1.82, 2.24) is 10.2 Å². The number of fused-ring (bicyclic) bond motifs is 2. The van der Waals surface area contributed by atoms with E-state index in [1.54, 1.807) is 6.26 Å². The van der Waals surface area contributed by atoms with Crippen molar-refractivity contribution in [3.8, 4) is 0 Å². The monoisotopic (exact) mass is 344 g/mol. The lowest BCUT2D eigenvalue weighted by atomic mass is 9.81. The van der Waals surface area contributed by atoms with E-state index in [1.807, 2.05) is 6.07 Å². The summed E-state index contributed by atoms with van der Waals surface area (Å²) >= 11 is 0. The number of furan rings is 1. The predicted octanol–water partition coefficient (Wildman–Crippen LogP) is 2.34. The summed E-state index contributed by atoms with van der Waals surface area (Å²) in [4.78, 5) is 38.5. The second-order valence-electron chi connectivity index (χ2n) is 7.39. The van der Waals surface area contributed by atoms with Gasteiger partial charge in [-0.25, -0.2) is 0 Å². The van der Waals surface area contributed by atoms with E-state index >= 15 is 0 Å². The van der Waals surface area contributed by atoms with Crippen LogP contribution in [0.25, 0.3) is 0 Å². The van der Waals surface area contributed by atoms with Crippen LogP contribution in [-0.4, -0.2) is 29.2 Å². The minimum Gasteiger partial charge on any atom is -0.469 e. The van der Waals surface area contributed by atoms with Gasteiger partial charge in [0, 0.05) is 24.9 Å². The lowest BCUT2D eigenvalue weighted by Gasteiger charge is -2.23. The van der Waals surface area contributed by atoms with Crippen LogP contribution in [0, 0.1) is 11.8 Å². The Balaban J connectivity index is 1.34. The predicted molar refractivity (Wildman–Crippen MR) is 89.3 cm³/mol. The third kappa shape index (κ3) is 2.98. The fourth-order valence-electron chi connectivity index (χ4n) is 4.57. The molecule has 0 spiro atoms. The Bertz CT molecular complexity index is 671. The Morgan fingerprint density at radius 2 is 1.84 bits per heavy atom. The van der Waals surface area contributed by atoms with E-state index in [2.05, 4.69) is 5.32 Å². The van der Waals surface area contributed by atoms with E-state index in [0.717, 1.165) is 56.3 Å². The molecule has 6 heteroatoms. The van der Waals surface area contributed by atoms with Crippen molar-refractivity contribution >= 4 is 17.7 Å². The van der Waals surface area contributed by atoms with Gasteiger partial charge in [0.2, 0.25) is 17.7 Å². The Morgan fingerprint density at radius 3 is 2.56 bits per heavy atom. The second-order valence-corrected chi connectivity index (χ2v) is 7.39. The minimum absolute atomic E-state index is 0.0254. The highest BCUT2D eigenvalue weighted by Crippen LogP contribution is 2.38. The summed E-state index contributed by atoms with van der Waals surface area (Å²) in [5.74, 6) is 0.405. The van der Waals surface area contributed by atoms with Gasteiger partial charge >= 0.3 is 0 Å². The first kappa shape index (κ1) is 16.4. The molecule has 134 valence electrons. The molecule has 3 atom stereocenters. The maximum absolute atomic E-state index is 12.4. The molecular formula is C19H24N2O4. The van der Waals surface area contributed by atoms with Gasteiger partial charge in [0.05, 0.1) is 24.1 Å². The maximum Gasteiger partial charge on any atom is 0.233 e. The molecule has 2 aliphatic carbocycles. The number of amides is 3. The van der Waals surface area contributed by atoms with Crippen molar-refractivity contribution in [2.75, 3.05) is 6.54 Å². The van der Waals surface area contributed by atoms with Crippen LogP contribution in [-0.2, 0) is 20.8 Å². The molecule has 6 nitrogen and oxygen atoms in total. The third-order valence-electron chi connectivity index (χ3n) is 5.88. The Morgan fingerprint density at radius 1 is 1.12 bits per heavy atom. The quantitative estimate of drug-likeness (QED) is 0.850. The van der Waals surface area contributed by atoms with E-state index in [4.69, 9.17) is 4.42 Å². The lowest BCUT2D eigenvalue weighted by molar-refractivity contribution is -0.140. The van der Waals surface area contributed by atoms with Gasteiger partial charge in [0.1, 0.15) is 5.76 Å². The summed E-state index contributed by atoms with van der Waals surface area (Å²) in [5, 5.41) is 3.03. The number of carbonyl (C=O) groups is 3. The summed E-state index contributed by atoms with van der Waals surface area (Å²) in [5.41, 5.74) is 1.05. The molecule has 0 radical (unpaired) electrons. The smallest absolute Gasteiger partial charge is 0.233 e. The standard InChI is InChI=1S/C19H24N2O4/c22-17(20-15-6-3-7-16-14(15)9-11-25-16)8-10-21-18(23)12-4-1-2-5-13(12)19(21)24/h9,11-13,15H,1-8,10H2,(H,20,22). The number of likely N-dealkylation sites (tertiary alicyclic amines) is 1. The Labute approximate surface area is 146 Å². The molecule has 1 aromatic rings. The van der Waals surface area contributed by atoms with Crippen molar-refractivity contribution in [3.63, 3.8) is 0 Å². The molecule has 25 heavy (non-hydrogen) atoms. The van der Waals surface area contributed by atoms with Crippen LogP contribution in [0.1, 0.15) is 62.3 Å². The molecule has 2 heterocycles. The highest BCUT2D eigenvalue weighted by Gasteiger charge is 2.47. The van der Waals surface area contributed by atoms with E-state index in [9.17, 15) is 14.4 Å². The van der Waals surface area contributed by atoms with Gasteiger partial charge in [-0.3, -0.25) is 19.3 Å². The number of rotatable bonds is 4. The average Bonchev–Trinajstić information content (AvgIpc) is 3.19. The number of nitrogens with zero attached hydrogens (tertiary/aromatic N) is 1. The third-order valence-corrected chi connectivity index (χ3v) is 5.88. The van der Waals surface area contributed by atoms with Gasteiger partial charge < -0.3 is 9.73 Å². The fraction of sp³-hybridized carbons (Fsp3) is 0.632. The molecule has 1 saturated heterocycles. The summed E-state index contributed by atoms with van der Waals surface area (Å²) < 4.78 is 5.44. The van der Waals surface area contributed by atoms with Crippen LogP contribution in [0.15, 0.2) is 16.7 Å². The summed E-state index contributed by atoms with van der Waals surface area (Å²) in [6, 6.07) is 1.89. The molecule has 3 unspecified atom stereocenters. The molecule has 0 bridgehead atoms. The van der Waals surface area contributed by atoms with Crippen LogP contribution in [0.2, 0.25) is 0 Å². The molecule has 2 fully saturated rings. The maximum atomic E-state index is 12.4. The topological polar surface area (TPSA) is 79.6 Å². The van der Waals surface area contributed by atoms with Crippen molar-refractivity contribution in [2.24, 2.45) is 11.8 Å². The molecule has 1 N–H and O–H groups in total. The van der Waals surface area contributed by atoms with Crippen LogP contribution in [0.4, 0.5) is 0 Å². The van der Waals surface area contributed by atoms with Gasteiger partial charge in [-0.2, -0.15) is 0 Å². The first-order valence-corrected chi connectivity index (χ1v) is 9.36. The summed E-state index contributed by atoms with van der Waals surface area (Å²) in [6.45, 7) is 0.196. The van der Waals surface area contributed by atoms with Gasteiger partial charge in [0.25, 0.3) is 0 Å². The minimum atomic E-state index is -0.142. The molecule has 0 aromatic carbocycles. The zero-order chi connectivity index (χ0) is 17.4. The fourth-order valence-corrected chi connectivity index (χ4v) is 4.57. The molecule has 3 aliphatic rings. The number of aryl methyl sites for hydroxylation is 1. The first-order chi connectivity index (χ1) is 12.1. The van der Waals surface area contributed by atoms with Crippen LogP contribution >= 0.6 is 0 Å². The number of nitrogens with one attached hydrogen (secondary N) is 1. The van der Waals surface area contributed by atoms with Gasteiger partial charge in [-0.1, -0.05) is 12.8 Å². The van der Waals surface area contributed by atoms with Crippen LogP contribution in [0.3, 0.4) is 0 Å². The van der Waals surface area contributed by atoms with Crippen molar-refractivity contribution in [3.05, 3.63) is 23.7 Å². The Hall–Kier alpha value is -2.11. The highest BCUT2D eigenvalue weighted by atomic mass is 16.3. The zero-order valence-electron chi connectivity index (χ0n) is 14.3. The largest absolute Gasteiger partial charge is 0.469 e. The molecular weight excluding hydrogens is 320 g/mol. The first-order valence-electron chi connectivity index (χ1n) is 9.36. The highest BCUT2D eigenvalue weighted by molar-refractivity contribution is 6.05. The van der Waals surface area contributed by atoms with E-state index in [0.29, 0.717) is 0 Å². The normalized spacial score (nSPS) is 28.6. The number of imide groups is 1. The second kappa shape index (κ2) is 6.65. The van der Waals surface area contributed by atoms with Crippen molar-refractivity contribution in [2.45, 2.75) is 57.4 Å². The molecule has 1 saturated carbocycles. The molecule has 1 aromatic heterocycles. The van der Waals surface area contributed by atoms with Crippen LogP contribution < -0.4 is 5.32 Å². The van der Waals surface area contributed by atoms with Crippen molar-refractivity contribution < 1.29 is 18.8 Å². The number of hydrogen-bond acceptors (Lipinski definition) is 4.